The molecule has 16 heavy (non-hydrogen) atoms. The number of rotatable bonds is 9. The average molecular weight is 226 g/mol. The van der Waals surface area contributed by atoms with E-state index in [1.54, 1.807) is 0 Å². The molecule has 0 aliphatic carbocycles. The van der Waals surface area contributed by atoms with Gasteiger partial charge in [-0.25, -0.2) is 0 Å². The summed E-state index contributed by atoms with van der Waals surface area (Å²) in [6.45, 7) is 17.2. The average Bonchev–Trinajstić information content (AvgIpc) is 2.13. The molecule has 0 aliphatic heterocycles. The normalized spacial score (nSPS) is 14.5. The van der Waals surface area contributed by atoms with Gasteiger partial charge in [0.1, 0.15) is 0 Å². The van der Waals surface area contributed by atoms with Gasteiger partial charge in [0.2, 0.25) is 0 Å². The summed E-state index contributed by atoms with van der Waals surface area (Å²) < 4.78 is 11.2. The molecule has 2 atom stereocenters. The van der Waals surface area contributed by atoms with Crippen molar-refractivity contribution < 1.29 is 9.47 Å². The van der Waals surface area contributed by atoms with Crippen LogP contribution in [0, 0.1) is 0 Å². The fraction of sp³-hybridized carbons (Fsp3) is 0.714. The third kappa shape index (κ3) is 9.94. The van der Waals surface area contributed by atoms with Gasteiger partial charge in [-0.15, -0.1) is 6.58 Å². The van der Waals surface area contributed by atoms with Crippen LogP contribution in [0.2, 0.25) is 0 Å². The standard InChI is InChI=1S/C14H26O2/c1-11(2)9-14(6)15-8-7-13(5)16-10-12(3)4/h13-14H,1,3,7-10H2,2,4-6H3. The summed E-state index contributed by atoms with van der Waals surface area (Å²) in [6, 6.07) is 0. The fourth-order valence-corrected chi connectivity index (χ4v) is 1.35. The summed E-state index contributed by atoms with van der Waals surface area (Å²) in [4.78, 5) is 0. The van der Waals surface area contributed by atoms with E-state index in [-0.39, 0.29) is 12.2 Å². The Balaban J connectivity index is 3.49. The second-order valence-corrected chi connectivity index (χ2v) is 4.71. The van der Waals surface area contributed by atoms with E-state index in [2.05, 4.69) is 27.0 Å². The van der Waals surface area contributed by atoms with E-state index >= 15 is 0 Å². The molecule has 0 amide bonds. The molecule has 2 heteroatoms. The number of hydrogen-bond acceptors (Lipinski definition) is 2. The summed E-state index contributed by atoms with van der Waals surface area (Å²) in [5.41, 5.74) is 2.22. The second kappa shape index (κ2) is 8.54. The van der Waals surface area contributed by atoms with Gasteiger partial charge in [0.15, 0.2) is 0 Å². The largest absolute Gasteiger partial charge is 0.378 e. The Labute approximate surface area is 100 Å². The van der Waals surface area contributed by atoms with Crippen LogP contribution in [0.3, 0.4) is 0 Å². The molecule has 0 aliphatic rings. The monoisotopic (exact) mass is 226 g/mol. The van der Waals surface area contributed by atoms with E-state index in [1.165, 1.54) is 5.57 Å². The molecule has 0 heterocycles. The van der Waals surface area contributed by atoms with Crippen molar-refractivity contribution in [2.45, 2.75) is 52.7 Å². The molecule has 94 valence electrons. The summed E-state index contributed by atoms with van der Waals surface area (Å²) in [5.74, 6) is 0. The van der Waals surface area contributed by atoms with E-state index in [0.29, 0.717) is 6.61 Å². The van der Waals surface area contributed by atoms with Gasteiger partial charge in [-0.3, -0.25) is 0 Å². The highest BCUT2D eigenvalue weighted by Crippen LogP contribution is 2.07. The topological polar surface area (TPSA) is 18.5 Å². The predicted molar refractivity (Wildman–Crippen MR) is 69.7 cm³/mol. The highest BCUT2D eigenvalue weighted by Gasteiger charge is 2.05. The van der Waals surface area contributed by atoms with Crippen LogP contribution in [0.15, 0.2) is 24.3 Å². The van der Waals surface area contributed by atoms with Crippen molar-refractivity contribution in [3.05, 3.63) is 24.3 Å². The summed E-state index contributed by atoms with van der Waals surface area (Å²) >= 11 is 0. The van der Waals surface area contributed by atoms with Crippen molar-refractivity contribution in [1.29, 1.82) is 0 Å². The Hall–Kier alpha value is -0.600. The minimum atomic E-state index is 0.230. The van der Waals surface area contributed by atoms with Crippen molar-refractivity contribution in [2.75, 3.05) is 13.2 Å². The van der Waals surface area contributed by atoms with Crippen molar-refractivity contribution >= 4 is 0 Å². The molecule has 0 spiro atoms. The molecule has 0 saturated heterocycles. The first-order valence-electron chi connectivity index (χ1n) is 5.93. The van der Waals surface area contributed by atoms with Crippen LogP contribution in [0.1, 0.15) is 40.5 Å². The lowest BCUT2D eigenvalue weighted by Gasteiger charge is -2.16. The van der Waals surface area contributed by atoms with E-state index < -0.39 is 0 Å². The lowest BCUT2D eigenvalue weighted by atomic mass is 10.2. The van der Waals surface area contributed by atoms with Crippen LogP contribution >= 0.6 is 0 Å². The van der Waals surface area contributed by atoms with E-state index in [9.17, 15) is 0 Å². The summed E-state index contributed by atoms with van der Waals surface area (Å²) in [7, 11) is 0. The molecule has 2 nitrogen and oxygen atoms in total. The van der Waals surface area contributed by atoms with E-state index in [4.69, 9.17) is 9.47 Å². The molecule has 0 fully saturated rings. The Morgan fingerprint density at radius 1 is 1.00 bits per heavy atom. The van der Waals surface area contributed by atoms with Crippen LogP contribution in [0.5, 0.6) is 0 Å². The molecule has 0 aromatic heterocycles. The zero-order valence-electron chi connectivity index (χ0n) is 11.2. The smallest absolute Gasteiger partial charge is 0.0675 e. The maximum atomic E-state index is 5.67. The van der Waals surface area contributed by atoms with Crippen LogP contribution in [0.25, 0.3) is 0 Å². The van der Waals surface area contributed by atoms with Crippen LogP contribution in [0.4, 0.5) is 0 Å². The Bertz CT molecular complexity index is 221. The highest BCUT2D eigenvalue weighted by atomic mass is 16.5. The quantitative estimate of drug-likeness (QED) is 0.558. The van der Waals surface area contributed by atoms with Gasteiger partial charge < -0.3 is 9.47 Å². The van der Waals surface area contributed by atoms with Crippen molar-refractivity contribution in [2.24, 2.45) is 0 Å². The van der Waals surface area contributed by atoms with Crippen molar-refractivity contribution in [3.8, 4) is 0 Å². The summed E-state index contributed by atoms with van der Waals surface area (Å²) in [6.07, 6.45) is 2.34. The summed E-state index contributed by atoms with van der Waals surface area (Å²) in [5, 5.41) is 0. The Morgan fingerprint density at radius 3 is 2.12 bits per heavy atom. The maximum absolute atomic E-state index is 5.67. The van der Waals surface area contributed by atoms with Gasteiger partial charge in [-0.2, -0.15) is 0 Å². The van der Waals surface area contributed by atoms with E-state index in [1.807, 2.05) is 13.8 Å². The molecule has 0 aromatic carbocycles. The lowest BCUT2D eigenvalue weighted by Crippen LogP contribution is -2.16. The zero-order valence-corrected chi connectivity index (χ0v) is 11.2. The van der Waals surface area contributed by atoms with Gasteiger partial charge in [-0.1, -0.05) is 17.7 Å². The molecule has 2 unspecified atom stereocenters. The third-order valence-electron chi connectivity index (χ3n) is 2.18. The van der Waals surface area contributed by atoms with Gasteiger partial charge in [0.25, 0.3) is 0 Å². The highest BCUT2D eigenvalue weighted by molar-refractivity contribution is 4.90. The van der Waals surface area contributed by atoms with Gasteiger partial charge in [0.05, 0.1) is 18.8 Å². The second-order valence-electron chi connectivity index (χ2n) is 4.71. The van der Waals surface area contributed by atoms with Crippen molar-refractivity contribution in [3.63, 3.8) is 0 Å². The molecule has 0 rings (SSSR count). The van der Waals surface area contributed by atoms with Gasteiger partial charge >= 0.3 is 0 Å². The maximum Gasteiger partial charge on any atom is 0.0675 e. The SMILES string of the molecule is C=C(C)COC(C)CCOC(C)CC(=C)C. The molecule has 0 aromatic rings. The minimum Gasteiger partial charge on any atom is -0.378 e. The Morgan fingerprint density at radius 2 is 1.62 bits per heavy atom. The van der Waals surface area contributed by atoms with Gasteiger partial charge in [0, 0.05) is 6.61 Å². The zero-order chi connectivity index (χ0) is 12.6. The van der Waals surface area contributed by atoms with Crippen LogP contribution < -0.4 is 0 Å². The Kier molecular flexibility index (Phi) is 8.22. The first kappa shape index (κ1) is 15.4. The minimum absolute atomic E-state index is 0.230. The van der Waals surface area contributed by atoms with Crippen molar-refractivity contribution in [1.82, 2.24) is 0 Å². The molecular weight excluding hydrogens is 200 g/mol. The molecular formula is C14H26O2. The van der Waals surface area contributed by atoms with Crippen LogP contribution in [-0.4, -0.2) is 25.4 Å². The molecule has 0 radical (unpaired) electrons. The first-order chi connectivity index (χ1) is 7.41. The van der Waals surface area contributed by atoms with Gasteiger partial charge in [-0.05, 0) is 40.5 Å². The third-order valence-corrected chi connectivity index (χ3v) is 2.18. The predicted octanol–water partition coefficient (Wildman–Crippen LogP) is 3.73. The molecule has 0 N–H and O–H groups in total. The lowest BCUT2D eigenvalue weighted by molar-refractivity contribution is 0.0181. The molecule has 0 bridgehead atoms. The first-order valence-corrected chi connectivity index (χ1v) is 5.93. The number of ether oxygens (including phenoxy) is 2. The van der Waals surface area contributed by atoms with E-state index in [0.717, 1.165) is 25.0 Å². The number of hydrogen-bond donors (Lipinski definition) is 0. The fourth-order valence-electron chi connectivity index (χ4n) is 1.35. The molecule has 0 saturated carbocycles. The van der Waals surface area contributed by atoms with Crippen LogP contribution in [-0.2, 0) is 9.47 Å².